The predicted molar refractivity (Wildman–Crippen MR) is 134 cm³/mol. The molecule has 6 rings (SSSR count). The summed E-state index contributed by atoms with van der Waals surface area (Å²) in [4.78, 5) is 0. The van der Waals surface area contributed by atoms with Crippen LogP contribution in [0.5, 0.6) is 0 Å². The first-order chi connectivity index (χ1) is 15.8. The standard InChI is InChI=1S/C30H26N2/c1-3-31-25-17-9-5-13-21(25)29(22-14-6-10-18-26(22)31)30-23-15-7-11-19-27(23)32(4-2)28-20-12-8-16-24(28)30/h5-20H,3-4H2,1-2H3/q+2. The number of aryl methyl sites for hydroxylation is 2. The number of fused-ring (bicyclic) bond motifs is 4. The van der Waals surface area contributed by atoms with Gasteiger partial charge < -0.3 is 0 Å². The summed E-state index contributed by atoms with van der Waals surface area (Å²) in [6, 6.07) is 35.5. The molecule has 4 aromatic carbocycles. The highest BCUT2D eigenvalue weighted by Crippen LogP contribution is 2.41. The second kappa shape index (κ2) is 7.42. The van der Waals surface area contributed by atoms with Crippen molar-refractivity contribution in [2.75, 3.05) is 0 Å². The third-order valence-electron chi connectivity index (χ3n) is 6.74. The van der Waals surface area contributed by atoms with Gasteiger partial charge in [-0.1, -0.05) is 48.5 Å². The Balaban J connectivity index is 1.95. The zero-order valence-electron chi connectivity index (χ0n) is 18.5. The lowest BCUT2D eigenvalue weighted by atomic mass is 9.90. The van der Waals surface area contributed by atoms with Gasteiger partial charge in [-0.25, -0.2) is 0 Å². The molecular weight excluding hydrogens is 388 g/mol. The largest absolute Gasteiger partial charge is 0.213 e. The van der Waals surface area contributed by atoms with E-state index in [9.17, 15) is 0 Å². The van der Waals surface area contributed by atoms with Crippen molar-refractivity contribution in [3.63, 3.8) is 0 Å². The van der Waals surface area contributed by atoms with Gasteiger partial charge >= 0.3 is 0 Å². The van der Waals surface area contributed by atoms with Crippen LogP contribution in [-0.4, -0.2) is 0 Å². The Labute approximate surface area is 188 Å². The molecule has 0 N–H and O–H groups in total. The van der Waals surface area contributed by atoms with Gasteiger partial charge in [0.15, 0.2) is 0 Å². The monoisotopic (exact) mass is 414 g/mol. The molecule has 0 aliphatic rings. The smallest absolute Gasteiger partial charge is 0.192 e. The van der Waals surface area contributed by atoms with E-state index in [0.29, 0.717) is 0 Å². The molecular formula is C30H26N2+2. The number of para-hydroxylation sites is 4. The van der Waals surface area contributed by atoms with E-state index in [1.807, 2.05) is 0 Å². The Hall–Kier alpha value is -3.78. The highest BCUT2D eigenvalue weighted by molar-refractivity contribution is 6.18. The zero-order valence-corrected chi connectivity index (χ0v) is 18.5. The minimum Gasteiger partial charge on any atom is -0.192 e. The predicted octanol–water partition coefficient (Wildman–Crippen LogP) is 6.58. The molecule has 0 aliphatic carbocycles. The summed E-state index contributed by atoms with van der Waals surface area (Å²) in [5, 5.41) is 5.21. The Morgan fingerprint density at radius 1 is 0.406 bits per heavy atom. The van der Waals surface area contributed by atoms with Gasteiger partial charge in [-0.3, -0.25) is 0 Å². The van der Waals surface area contributed by atoms with Crippen molar-refractivity contribution in [2.45, 2.75) is 26.9 Å². The average Bonchev–Trinajstić information content (AvgIpc) is 2.86. The molecule has 0 fully saturated rings. The number of rotatable bonds is 3. The van der Waals surface area contributed by atoms with Crippen LogP contribution in [-0.2, 0) is 13.1 Å². The normalized spacial score (nSPS) is 11.7. The summed E-state index contributed by atoms with van der Waals surface area (Å²) in [6.07, 6.45) is 0. The number of hydrogen-bond donors (Lipinski definition) is 0. The lowest BCUT2D eigenvalue weighted by Gasteiger charge is -2.15. The average molecular weight is 415 g/mol. The molecule has 0 amide bonds. The molecule has 0 atom stereocenters. The minimum absolute atomic E-state index is 0.938. The lowest BCUT2D eigenvalue weighted by molar-refractivity contribution is -0.641. The van der Waals surface area contributed by atoms with Crippen LogP contribution in [0.25, 0.3) is 54.7 Å². The Morgan fingerprint density at radius 3 is 0.906 bits per heavy atom. The van der Waals surface area contributed by atoms with Gasteiger partial charge in [0.25, 0.3) is 0 Å². The van der Waals surface area contributed by atoms with Crippen LogP contribution in [0, 0.1) is 0 Å². The van der Waals surface area contributed by atoms with Crippen molar-refractivity contribution >= 4 is 43.6 Å². The fourth-order valence-electron chi connectivity index (χ4n) is 5.45. The highest BCUT2D eigenvalue weighted by Gasteiger charge is 2.26. The molecule has 0 bridgehead atoms. The molecule has 2 aromatic heterocycles. The van der Waals surface area contributed by atoms with Crippen molar-refractivity contribution in [1.29, 1.82) is 0 Å². The van der Waals surface area contributed by atoms with E-state index in [4.69, 9.17) is 0 Å². The summed E-state index contributed by atoms with van der Waals surface area (Å²) < 4.78 is 4.88. The van der Waals surface area contributed by atoms with Crippen LogP contribution < -0.4 is 9.13 Å². The maximum atomic E-state index is 2.44. The van der Waals surface area contributed by atoms with Crippen molar-refractivity contribution in [3.05, 3.63) is 97.1 Å². The quantitative estimate of drug-likeness (QED) is 0.228. The number of nitrogens with zero attached hydrogens (tertiary/aromatic N) is 2. The van der Waals surface area contributed by atoms with Gasteiger partial charge in [0.1, 0.15) is 13.1 Å². The Kier molecular flexibility index (Phi) is 4.39. The van der Waals surface area contributed by atoms with Crippen molar-refractivity contribution in [3.8, 4) is 11.1 Å². The molecule has 32 heavy (non-hydrogen) atoms. The van der Waals surface area contributed by atoms with Crippen LogP contribution in [0.2, 0.25) is 0 Å². The molecule has 2 heterocycles. The van der Waals surface area contributed by atoms with E-state index in [1.54, 1.807) is 0 Å². The van der Waals surface area contributed by atoms with Crippen LogP contribution in [0.3, 0.4) is 0 Å². The molecule has 6 aromatic rings. The Morgan fingerprint density at radius 2 is 0.656 bits per heavy atom. The van der Waals surface area contributed by atoms with Crippen LogP contribution in [0.15, 0.2) is 97.1 Å². The van der Waals surface area contributed by atoms with Crippen LogP contribution in [0.1, 0.15) is 13.8 Å². The molecule has 154 valence electrons. The van der Waals surface area contributed by atoms with Gasteiger partial charge in [-0.2, -0.15) is 9.13 Å². The number of aromatic nitrogens is 2. The number of pyridine rings is 2. The SMILES string of the molecule is CC[n+]1c2ccccc2c(-c2c3ccccc3[n+](CC)c3ccccc23)c2ccccc21. The summed E-state index contributed by atoms with van der Waals surface area (Å²) >= 11 is 0. The molecule has 0 radical (unpaired) electrons. The molecule has 2 nitrogen and oxygen atoms in total. The summed E-state index contributed by atoms with van der Waals surface area (Å²) in [6.45, 7) is 6.34. The number of hydrogen-bond acceptors (Lipinski definition) is 0. The Bertz CT molecular complexity index is 1410. The fourth-order valence-corrected chi connectivity index (χ4v) is 5.45. The molecule has 2 heteroatoms. The van der Waals surface area contributed by atoms with Crippen LogP contribution >= 0.6 is 0 Å². The fraction of sp³-hybridized carbons (Fsp3) is 0.133. The second-order valence-electron chi connectivity index (χ2n) is 8.31. The first kappa shape index (κ1) is 18.9. The summed E-state index contributed by atoms with van der Waals surface area (Å²) in [5.74, 6) is 0. The maximum absolute atomic E-state index is 2.44. The van der Waals surface area contributed by atoms with Crippen molar-refractivity contribution < 1.29 is 9.13 Å². The second-order valence-corrected chi connectivity index (χ2v) is 8.31. The molecule has 0 saturated carbocycles. The topological polar surface area (TPSA) is 7.76 Å². The van der Waals surface area contributed by atoms with Crippen molar-refractivity contribution in [1.82, 2.24) is 0 Å². The minimum atomic E-state index is 0.938. The number of benzene rings is 4. The van der Waals surface area contributed by atoms with Crippen molar-refractivity contribution in [2.24, 2.45) is 0 Å². The van der Waals surface area contributed by atoms with E-state index in [1.165, 1.54) is 54.7 Å². The maximum Gasteiger partial charge on any atom is 0.213 e. The molecule has 0 saturated heterocycles. The molecule has 0 unspecified atom stereocenters. The van der Waals surface area contributed by atoms with E-state index in [2.05, 4.69) is 120 Å². The molecule has 0 spiro atoms. The molecule has 0 aliphatic heterocycles. The first-order valence-corrected chi connectivity index (χ1v) is 11.5. The van der Waals surface area contributed by atoms with Crippen LogP contribution in [0.4, 0.5) is 0 Å². The van der Waals surface area contributed by atoms with E-state index < -0.39 is 0 Å². The lowest BCUT2D eigenvalue weighted by Crippen LogP contribution is -2.35. The van der Waals surface area contributed by atoms with Gasteiger partial charge in [0, 0.05) is 35.4 Å². The third kappa shape index (κ3) is 2.59. The third-order valence-corrected chi connectivity index (χ3v) is 6.74. The van der Waals surface area contributed by atoms with E-state index in [-0.39, 0.29) is 0 Å². The van der Waals surface area contributed by atoms with Gasteiger partial charge in [0.05, 0.1) is 21.5 Å². The summed E-state index contributed by atoms with van der Waals surface area (Å²) in [5.41, 5.74) is 7.79. The van der Waals surface area contributed by atoms with E-state index in [0.717, 1.165) is 13.1 Å². The van der Waals surface area contributed by atoms with Gasteiger partial charge in [0.2, 0.25) is 22.1 Å². The van der Waals surface area contributed by atoms with E-state index >= 15 is 0 Å². The van der Waals surface area contributed by atoms with Gasteiger partial charge in [-0.15, -0.1) is 0 Å². The highest BCUT2D eigenvalue weighted by atomic mass is 15.0. The first-order valence-electron chi connectivity index (χ1n) is 11.5. The van der Waals surface area contributed by atoms with Gasteiger partial charge in [-0.05, 0) is 38.1 Å². The zero-order chi connectivity index (χ0) is 21.7. The summed E-state index contributed by atoms with van der Waals surface area (Å²) in [7, 11) is 0.